The Hall–Kier alpha value is -0.830. The molecule has 0 aliphatic heterocycles. The molecule has 1 rings (SSSR count). The van der Waals surface area contributed by atoms with E-state index in [4.69, 9.17) is 0 Å². The van der Waals surface area contributed by atoms with Crippen molar-refractivity contribution in [2.45, 2.75) is 0 Å². The number of hydrogen-bond donors (Lipinski definition) is 0. The minimum atomic E-state index is 0.998. The number of allylic oxidation sites excluding steroid dienone is 2. The monoisotopic (exact) mass is 212 g/mol. The van der Waals surface area contributed by atoms with Gasteiger partial charge < -0.3 is 0 Å². The summed E-state index contributed by atoms with van der Waals surface area (Å²) in [5.41, 5.74) is 1.05. The van der Waals surface area contributed by atoms with E-state index in [1.807, 2.05) is 19.2 Å². The molecule has 0 amide bonds. The molecule has 2 nitrogen and oxygen atoms in total. The SMILES string of the molecule is C=C/C=C\c1c(Br)cnn1C. The van der Waals surface area contributed by atoms with Gasteiger partial charge in [0.1, 0.15) is 0 Å². The topological polar surface area (TPSA) is 17.8 Å². The summed E-state index contributed by atoms with van der Waals surface area (Å²) < 4.78 is 2.79. The lowest BCUT2D eigenvalue weighted by atomic mass is 10.4. The summed E-state index contributed by atoms with van der Waals surface area (Å²) in [7, 11) is 1.90. The quantitative estimate of drug-likeness (QED) is 0.689. The number of hydrogen-bond acceptors (Lipinski definition) is 1. The van der Waals surface area contributed by atoms with Crippen molar-refractivity contribution in [3.05, 3.63) is 35.1 Å². The molecule has 0 atom stereocenters. The zero-order valence-electron chi connectivity index (χ0n) is 6.29. The summed E-state index contributed by atoms with van der Waals surface area (Å²) in [4.78, 5) is 0. The third-order valence-electron chi connectivity index (χ3n) is 1.33. The van der Waals surface area contributed by atoms with E-state index in [9.17, 15) is 0 Å². The van der Waals surface area contributed by atoms with Gasteiger partial charge in [-0.3, -0.25) is 4.68 Å². The van der Waals surface area contributed by atoms with Crippen LogP contribution in [0.2, 0.25) is 0 Å². The predicted molar refractivity (Wildman–Crippen MR) is 50.1 cm³/mol. The van der Waals surface area contributed by atoms with Gasteiger partial charge >= 0.3 is 0 Å². The summed E-state index contributed by atoms with van der Waals surface area (Å²) in [6.45, 7) is 3.59. The molecule has 1 heterocycles. The van der Waals surface area contributed by atoms with Crippen LogP contribution >= 0.6 is 15.9 Å². The van der Waals surface area contributed by atoms with E-state index in [1.54, 1.807) is 17.0 Å². The minimum Gasteiger partial charge on any atom is -0.267 e. The fourth-order valence-electron chi connectivity index (χ4n) is 0.767. The number of nitrogens with zero attached hydrogens (tertiary/aromatic N) is 2. The first-order valence-electron chi connectivity index (χ1n) is 3.22. The van der Waals surface area contributed by atoms with Crippen molar-refractivity contribution < 1.29 is 0 Å². The van der Waals surface area contributed by atoms with Gasteiger partial charge in [0.05, 0.1) is 16.4 Å². The van der Waals surface area contributed by atoms with E-state index < -0.39 is 0 Å². The summed E-state index contributed by atoms with van der Waals surface area (Å²) in [6, 6.07) is 0. The Bertz CT molecular complexity index is 267. The summed E-state index contributed by atoms with van der Waals surface area (Å²) in [5, 5.41) is 4.05. The molecule has 0 fully saturated rings. The van der Waals surface area contributed by atoms with Crippen molar-refractivity contribution in [2.75, 3.05) is 0 Å². The van der Waals surface area contributed by atoms with Gasteiger partial charge in [-0.25, -0.2) is 0 Å². The molecule has 3 heteroatoms. The highest BCUT2D eigenvalue weighted by atomic mass is 79.9. The molecule has 0 aromatic carbocycles. The summed E-state index contributed by atoms with van der Waals surface area (Å²) in [5.74, 6) is 0. The molecule has 1 aromatic rings. The van der Waals surface area contributed by atoms with Gasteiger partial charge in [0.15, 0.2) is 0 Å². The van der Waals surface area contributed by atoms with Crippen molar-refractivity contribution in [3.8, 4) is 0 Å². The smallest absolute Gasteiger partial charge is 0.0748 e. The number of rotatable bonds is 2. The first-order valence-corrected chi connectivity index (χ1v) is 4.01. The van der Waals surface area contributed by atoms with Gasteiger partial charge in [0.2, 0.25) is 0 Å². The molecule has 0 saturated carbocycles. The lowest BCUT2D eigenvalue weighted by Gasteiger charge is -1.93. The van der Waals surface area contributed by atoms with Crippen LogP contribution in [0.15, 0.2) is 29.4 Å². The lowest BCUT2D eigenvalue weighted by molar-refractivity contribution is 0.759. The van der Waals surface area contributed by atoms with E-state index in [2.05, 4.69) is 27.6 Å². The van der Waals surface area contributed by atoms with Crippen LogP contribution in [0.25, 0.3) is 6.08 Å². The summed E-state index contributed by atoms with van der Waals surface area (Å²) >= 11 is 3.38. The first-order chi connectivity index (χ1) is 5.25. The van der Waals surface area contributed by atoms with Crippen LogP contribution in [0.4, 0.5) is 0 Å². The van der Waals surface area contributed by atoms with Crippen LogP contribution in [0.3, 0.4) is 0 Å². The largest absolute Gasteiger partial charge is 0.267 e. The average molecular weight is 213 g/mol. The van der Waals surface area contributed by atoms with Crippen molar-refractivity contribution in [2.24, 2.45) is 7.05 Å². The van der Waals surface area contributed by atoms with E-state index in [1.165, 1.54) is 0 Å². The zero-order chi connectivity index (χ0) is 8.27. The van der Waals surface area contributed by atoms with Crippen LogP contribution in [0.5, 0.6) is 0 Å². The zero-order valence-corrected chi connectivity index (χ0v) is 7.87. The first kappa shape index (κ1) is 8.27. The maximum atomic E-state index is 4.05. The second-order valence-corrected chi connectivity index (χ2v) is 2.95. The molecule has 0 N–H and O–H groups in total. The predicted octanol–water partition coefficient (Wildman–Crippen LogP) is 2.38. The van der Waals surface area contributed by atoms with Crippen molar-refractivity contribution in [1.29, 1.82) is 0 Å². The standard InChI is InChI=1S/C8H9BrN2/c1-3-4-5-8-7(9)6-10-11(8)2/h3-6H,1H2,2H3/b5-4-. The minimum absolute atomic E-state index is 0.998. The molecule has 0 unspecified atom stereocenters. The van der Waals surface area contributed by atoms with Crippen molar-refractivity contribution in [1.82, 2.24) is 9.78 Å². The fraction of sp³-hybridized carbons (Fsp3) is 0.125. The Morgan fingerprint density at radius 2 is 2.45 bits per heavy atom. The molecular weight excluding hydrogens is 204 g/mol. The van der Waals surface area contributed by atoms with Gasteiger partial charge in [-0.05, 0) is 22.0 Å². The van der Waals surface area contributed by atoms with Crippen molar-refractivity contribution in [3.63, 3.8) is 0 Å². The summed E-state index contributed by atoms with van der Waals surface area (Å²) in [6.07, 6.45) is 7.33. The Morgan fingerprint density at radius 3 is 2.91 bits per heavy atom. The van der Waals surface area contributed by atoms with E-state index >= 15 is 0 Å². The van der Waals surface area contributed by atoms with Crippen LogP contribution in [0, 0.1) is 0 Å². The van der Waals surface area contributed by atoms with Gasteiger partial charge in [-0.2, -0.15) is 5.10 Å². The maximum absolute atomic E-state index is 4.05. The van der Waals surface area contributed by atoms with Gasteiger partial charge in [0, 0.05) is 7.05 Å². The van der Waals surface area contributed by atoms with Crippen LogP contribution in [0.1, 0.15) is 5.69 Å². The third kappa shape index (κ3) is 1.80. The van der Waals surface area contributed by atoms with Gasteiger partial charge in [0.25, 0.3) is 0 Å². The highest BCUT2D eigenvalue weighted by Crippen LogP contribution is 2.15. The second kappa shape index (κ2) is 3.53. The highest BCUT2D eigenvalue weighted by molar-refractivity contribution is 9.10. The Kier molecular flexibility index (Phi) is 2.65. The molecule has 11 heavy (non-hydrogen) atoms. The second-order valence-electron chi connectivity index (χ2n) is 2.10. The highest BCUT2D eigenvalue weighted by Gasteiger charge is 1.99. The van der Waals surface area contributed by atoms with E-state index in [0.717, 1.165) is 10.2 Å². The average Bonchev–Trinajstić information content (AvgIpc) is 2.29. The number of aryl methyl sites for hydroxylation is 1. The molecule has 0 spiro atoms. The maximum Gasteiger partial charge on any atom is 0.0748 e. The molecule has 0 saturated heterocycles. The third-order valence-corrected chi connectivity index (χ3v) is 1.94. The molecular formula is C8H9BrN2. The molecule has 0 radical (unpaired) electrons. The normalized spacial score (nSPS) is 10.7. The van der Waals surface area contributed by atoms with Gasteiger partial charge in [-0.15, -0.1) is 0 Å². The lowest BCUT2D eigenvalue weighted by Crippen LogP contribution is -1.91. The molecule has 0 aliphatic carbocycles. The van der Waals surface area contributed by atoms with E-state index in [0.29, 0.717) is 0 Å². The molecule has 58 valence electrons. The van der Waals surface area contributed by atoms with Crippen molar-refractivity contribution >= 4 is 22.0 Å². The molecule has 1 aromatic heterocycles. The molecule has 0 bridgehead atoms. The Morgan fingerprint density at radius 1 is 1.73 bits per heavy atom. The fourth-order valence-corrected chi connectivity index (χ4v) is 1.25. The molecule has 0 aliphatic rings. The van der Waals surface area contributed by atoms with E-state index in [-0.39, 0.29) is 0 Å². The van der Waals surface area contributed by atoms with Crippen LogP contribution in [-0.4, -0.2) is 9.78 Å². The van der Waals surface area contributed by atoms with Crippen LogP contribution < -0.4 is 0 Å². The van der Waals surface area contributed by atoms with Gasteiger partial charge in [-0.1, -0.05) is 18.7 Å². The Balaban J connectivity index is 3.00. The Labute approximate surface area is 74.4 Å². The van der Waals surface area contributed by atoms with Crippen LogP contribution in [-0.2, 0) is 7.05 Å². The number of halogens is 1. The number of aromatic nitrogens is 2.